The number of benzene rings is 2. The molecule has 0 radical (unpaired) electrons. The Balaban J connectivity index is 1.62. The minimum atomic E-state index is -3.59. The Morgan fingerprint density at radius 1 is 1.00 bits per heavy atom. The van der Waals surface area contributed by atoms with Crippen LogP contribution in [0.4, 0.5) is 0 Å². The molecule has 0 aliphatic carbocycles. The molecule has 2 aromatic rings. The quantitative estimate of drug-likeness (QED) is 0.783. The van der Waals surface area contributed by atoms with Crippen LogP contribution < -0.4 is 4.72 Å². The van der Waals surface area contributed by atoms with Gasteiger partial charge in [-0.05, 0) is 40.8 Å². The molecule has 5 nitrogen and oxygen atoms in total. The normalized spacial score (nSPS) is 15.3. The van der Waals surface area contributed by atoms with Crippen LogP contribution in [-0.4, -0.2) is 43.8 Å². The standard InChI is InChI=1S/C22H28N2O3S2/c1-22(2,3)19-8-10-20(11-9-19)29(26,27)23-16-17-4-6-18(7-5-17)21(25)24-12-14-28-15-13-24/h4-11,23H,12-16H2,1-3H3. The minimum Gasteiger partial charge on any atom is -0.337 e. The maximum Gasteiger partial charge on any atom is 0.253 e. The Hall–Kier alpha value is -1.83. The molecule has 1 amide bonds. The van der Waals surface area contributed by atoms with Gasteiger partial charge in [-0.15, -0.1) is 0 Å². The highest BCUT2D eigenvalue weighted by molar-refractivity contribution is 7.99. The zero-order valence-corrected chi connectivity index (χ0v) is 18.8. The van der Waals surface area contributed by atoms with Gasteiger partial charge in [-0.2, -0.15) is 11.8 Å². The number of sulfonamides is 1. The molecule has 0 bridgehead atoms. The van der Waals surface area contributed by atoms with E-state index in [1.54, 1.807) is 36.4 Å². The van der Waals surface area contributed by atoms with E-state index >= 15 is 0 Å². The summed E-state index contributed by atoms with van der Waals surface area (Å²) in [6.45, 7) is 8.00. The van der Waals surface area contributed by atoms with E-state index in [1.165, 1.54) is 0 Å². The van der Waals surface area contributed by atoms with Crippen LogP contribution in [0, 0.1) is 0 Å². The van der Waals surface area contributed by atoms with Crippen LogP contribution in [-0.2, 0) is 22.0 Å². The highest BCUT2D eigenvalue weighted by Crippen LogP contribution is 2.23. The summed E-state index contributed by atoms with van der Waals surface area (Å²) in [5.41, 5.74) is 2.51. The van der Waals surface area contributed by atoms with E-state index in [-0.39, 0.29) is 22.8 Å². The molecule has 29 heavy (non-hydrogen) atoms. The van der Waals surface area contributed by atoms with Gasteiger partial charge in [-0.3, -0.25) is 4.79 Å². The number of rotatable bonds is 5. The van der Waals surface area contributed by atoms with Crippen molar-refractivity contribution >= 4 is 27.7 Å². The lowest BCUT2D eigenvalue weighted by Crippen LogP contribution is -2.37. The van der Waals surface area contributed by atoms with E-state index in [4.69, 9.17) is 0 Å². The molecule has 0 spiro atoms. The molecule has 3 rings (SSSR count). The van der Waals surface area contributed by atoms with Gasteiger partial charge in [0.2, 0.25) is 10.0 Å². The maximum absolute atomic E-state index is 12.6. The van der Waals surface area contributed by atoms with Crippen LogP contribution in [0.3, 0.4) is 0 Å². The Morgan fingerprint density at radius 2 is 1.59 bits per heavy atom. The van der Waals surface area contributed by atoms with Crippen molar-refractivity contribution < 1.29 is 13.2 Å². The summed E-state index contributed by atoms with van der Waals surface area (Å²) in [6.07, 6.45) is 0. The molecule has 0 aromatic heterocycles. The van der Waals surface area contributed by atoms with Crippen molar-refractivity contribution in [2.75, 3.05) is 24.6 Å². The molecular formula is C22H28N2O3S2. The summed E-state index contributed by atoms with van der Waals surface area (Å²) < 4.78 is 27.8. The number of amides is 1. The minimum absolute atomic E-state index is 0.0259. The lowest BCUT2D eigenvalue weighted by Gasteiger charge is -2.26. The average Bonchev–Trinajstić information content (AvgIpc) is 2.72. The molecule has 1 fully saturated rings. The largest absolute Gasteiger partial charge is 0.337 e. The van der Waals surface area contributed by atoms with Crippen molar-refractivity contribution in [2.24, 2.45) is 0 Å². The van der Waals surface area contributed by atoms with Gasteiger partial charge in [-0.1, -0.05) is 45.0 Å². The predicted octanol–water partition coefficient (Wildman–Crippen LogP) is 3.65. The second-order valence-electron chi connectivity index (χ2n) is 8.20. The van der Waals surface area contributed by atoms with Crippen LogP contribution in [0.2, 0.25) is 0 Å². The molecule has 0 atom stereocenters. The monoisotopic (exact) mass is 432 g/mol. The molecule has 1 aliphatic heterocycles. The first-order valence-corrected chi connectivity index (χ1v) is 12.4. The van der Waals surface area contributed by atoms with Gasteiger partial charge >= 0.3 is 0 Å². The summed E-state index contributed by atoms with van der Waals surface area (Å²) in [5, 5.41) is 0. The van der Waals surface area contributed by atoms with Crippen LogP contribution in [0.1, 0.15) is 42.3 Å². The summed E-state index contributed by atoms with van der Waals surface area (Å²) in [7, 11) is -3.59. The molecule has 0 unspecified atom stereocenters. The van der Waals surface area contributed by atoms with Crippen molar-refractivity contribution in [3.63, 3.8) is 0 Å². The predicted molar refractivity (Wildman–Crippen MR) is 119 cm³/mol. The number of nitrogens with zero attached hydrogens (tertiary/aromatic N) is 1. The Morgan fingerprint density at radius 3 is 2.14 bits per heavy atom. The van der Waals surface area contributed by atoms with Crippen molar-refractivity contribution in [2.45, 2.75) is 37.6 Å². The van der Waals surface area contributed by atoms with E-state index < -0.39 is 10.0 Å². The molecule has 156 valence electrons. The van der Waals surface area contributed by atoms with Gasteiger partial charge in [-0.25, -0.2) is 13.1 Å². The number of hydrogen-bond acceptors (Lipinski definition) is 4. The molecule has 1 N–H and O–H groups in total. The van der Waals surface area contributed by atoms with Crippen molar-refractivity contribution in [1.82, 2.24) is 9.62 Å². The third-order valence-electron chi connectivity index (χ3n) is 5.00. The highest BCUT2D eigenvalue weighted by atomic mass is 32.2. The maximum atomic E-state index is 12.6. The number of carbonyl (C=O) groups excluding carboxylic acids is 1. The smallest absolute Gasteiger partial charge is 0.253 e. The molecule has 1 aliphatic rings. The second-order valence-corrected chi connectivity index (χ2v) is 11.2. The van der Waals surface area contributed by atoms with Crippen LogP contribution in [0.25, 0.3) is 0 Å². The number of thioether (sulfide) groups is 1. The van der Waals surface area contributed by atoms with E-state index in [9.17, 15) is 13.2 Å². The Bertz CT molecular complexity index is 941. The van der Waals surface area contributed by atoms with E-state index in [0.717, 1.165) is 35.7 Å². The first-order chi connectivity index (χ1) is 13.7. The third kappa shape index (κ3) is 5.62. The Labute approximate surface area is 177 Å². The lowest BCUT2D eigenvalue weighted by molar-refractivity contribution is 0.0772. The summed E-state index contributed by atoms with van der Waals surface area (Å²) in [6, 6.07) is 14.1. The fourth-order valence-electron chi connectivity index (χ4n) is 3.11. The first kappa shape index (κ1) is 21.9. The average molecular weight is 433 g/mol. The molecule has 1 heterocycles. The SMILES string of the molecule is CC(C)(C)c1ccc(S(=O)(=O)NCc2ccc(C(=O)N3CCSCC3)cc2)cc1. The molecule has 1 saturated heterocycles. The molecular weight excluding hydrogens is 404 g/mol. The van der Waals surface area contributed by atoms with E-state index in [2.05, 4.69) is 25.5 Å². The fourth-order valence-corrected chi connectivity index (χ4v) is 5.03. The molecule has 7 heteroatoms. The van der Waals surface area contributed by atoms with Gasteiger partial charge in [0.15, 0.2) is 0 Å². The zero-order valence-electron chi connectivity index (χ0n) is 17.1. The van der Waals surface area contributed by atoms with Gasteiger partial charge in [0.25, 0.3) is 5.91 Å². The van der Waals surface area contributed by atoms with Gasteiger partial charge in [0.05, 0.1) is 4.90 Å². The second kappa shape index (κ2) is 8.90. The summed E-state index contributed by atoms with van der Waals surface area (Å²) in [5.74, 6) is 1.99. The lowest BCUT2D eigenvalue weighted by atomic mass is 9.87. The molecule has 0 saturated carbocycles. The van der Waals surface area contributed by atoms with Crippen molar-refractivity contribution in [1.29, 1.82) is 0 Å². The number of carbonyl (C=O) groups is 1. The summed E-state index contributed by atoms with van der Waals surface area (Å²) in [4.78, 5) is 14.6. The van der Waals surface area contributed by atoms with Gasteiger partial charge in [0, 0.05) is 36.7 Å². The van der Waals surface area contributed by atoms with Crippen LogP contribution >= 0.6 is 11.8 Å². The topological polar surface area (TPSA) is 66.5 Å². The van der Waals surface area contributed by atoms with Gasteiger partial charge in [0.1, 0.15) is 0 Å². The molecule has 2 aromatic carbocycles. The van der Waals surface area contributed by atoms with Crippen LogP contribution in [0.5, 0.6) is 0 Å². The number of nitrogens with one attached hydrogen (secondary N) is 1. The third-order valence-corrected chi connectivity index (χ3v) is 7.36. The fraction of sp³-hybridized carbons (Fsp3) is 0.409. The Kier molecular flexibility index (Phi) is 6.71. The number of hydrogen-bond donors (Lipinski definition) is 1. The van der Waals surface area contributed by atoms with E-state index in [1.807, 2.05) is 28.8 Å². The first-order valence-electron chi connectivity index (χ1n) is 9.73. The highest BCUT2D eigenvalue weighted by Gasteiger charge is 2.19. The summed E-state index contributed by atoms with van der Waals surface area (Å²) >= 11 is 1.86. The van der Waals surface area contributed by atoms with E-state index in [0.29, 0.717) is 5.56 Å². The van der Waals surface area contributed by atoms with Crippen molar-refractivity contribution in [3.05, 3.63) is 65.2 Å². The van der Waals surface area contributed by atoms with Crippen LogP contribution in [0.15, 0.2) is 53.4 Å². The van der Waals surface area contributed by atoms with Gasteiger partial charge < -0.3 is 4.90 Å². The van der Waals surface area contributed by atoms with Crippen molar-refractivity contribution in [3.8, 4) is 0 Å². The zero-order chi connectivity index (χ0) is 21.1.